The quantitative estimate of drug-likeness (QED) is 0.678. The number of pyridine rings is 2. The summed E-state index contributed by atoms with van der Waals surface area (Å²) in [6, 6.07) is 5.88. The number of nitrogens with zero attached hydrogens (tertiary/aromatic N) is 3. The first-order valence-electron chi connectivity index (χ1n) is 10.8. The van der Waals surface area contributed by atoms with Gasteiger partial charge in [-0.3, -0.25) is 0 Å². The van der Waals surface area contributed by atoms with Gasteiger partial charge in [0, 0.05) is 43.1 Å². The predicted octanol–water partition coefficient (Wildman–Crippen LogP) is 4.99. The highest BCUT2D eigenvalue weighted by atomic mass is 16.6. The molecule has 172 valence electrons. The van der Waals surface area contributed by atoms with Crippen LogP contribution in [0.3, 0.4) is 0 Å². The van der Waals surface area contributed by atoms with Gasteiger partial charge in [0.1, 0.15) is 23.0 Å². The summed E-state index contributed by atoms with van der Waals surface area (Å²) in [5.74, 6) is 2.08. The lowest BCUT2D eigenvalue weighted by Crippen LogP contribution is -2.37. The Morgan fingerprint density at radius 2 is 1.97 bits per heavy atom. The Balaban J connectivity index is 1.84. The zero-order chi connectivity index (χ0) is 23.3. The van der Waals surface area contributed by atoms with E-state index in [0.717, 1.165) is 35.4 Å². The monoisotopic (exact) mass is 439 g/mol. The van der Waals surface area contributed by atoms with Gasteiger partial charge in [-0.1, -0.05) is 6.08 Å². The molecule has 0 saturated carbocycles. The van der Waals surface area contributed by atoms with Crippen molar-refractivity contribution in [2.75, 3.05) is 37.9 Å². The molecule has 0 unspecified atom stereocenters. The van der Waals surface area contributed by atoms with Gasteiger partial charge < -0.3 is 25.0 Å². The van der Waals surface area contributed by atoms with E-state index in [0.29, 0.717) is 30.5 Å². The second-order valence-corrected chi connectivity index (χ2v) is 8.79. The van der Waals surface area contributed by atoms with Gasteiger partial charge in [0.05, 0.1) is 13.3 Å². The Labute approximate surface area is 190 Å². The molecule has 8 heteroatoms. The van der Waals surface area contributed by atoms with Crippen molar-refractivity contribution in [2.24, 2.45) is 0 Å². The lowest BCUT2D eigenvalue weighted by atomic mass is 10.0. The molecule has 3 heterocycles. The number of nitrogens with one attached hydrogen (secondary N) is 2. The lowest BCUT2D eigenvalue weighted by Gasteiger charge is -2.25. The fraction of sp³-hybridized carbons (Fsp3) is 0.458. The average Bonchev–Trinajstić information content (AvgIpc) is 2.98. The summed E-state index contributed by atoms with van der Waals surface area (Å²) in [5, 5.41) is 6.43. The maximum absolute atomic E-state index is 12.5. The van der Waals surface area contributed by atoms with E-state index in [4.69, 9.17) is 9.47 Å². The van der Waals surface area contributed by atoms with Gasteiger partial charge in [-0.2, -0.15) is 0 Å². The van der Waals surface area contributed by atoms with Gasteiger partial charge >= 0.3 is 6.09 Å². The number of amides is 1. The van der Waals surface area contributed by atoms with Crippen molar-refractivity contribution >= 4 is 29.0 Å². The minimum atomic E-state index is -0.512. The van der Waals surface area contributed by atoms with Gasteiger partial charge in [0.25, 0.3) is 0 Å². The number of carbonyl (C=O) groups excluding carboxylic acids is 1. The highest BCUT2D eigenvalue weighted by Gasteiger charge is 2.23. The van der Waals surface area contributed by atoms with Crippen molar-refractivity contribution in [3.05, 3.63) is 41.7 Å². The summed E-state index contributed by atoms with van der Waals surface area (Å²) in [7, 11) is 3.51. The van der Waals surface area contributed by atoms with Crippen molar-refractivity contribution in [1.82, 2.24) is 14.9 Å². The van der Waals surface area contributed by atoms with Gasteiger partial charge in [0.15, 0.2) is 0 Å². The maximum atomic E-state index is 12.5. The van der Waals surface area contributed by atoms with Crippen LogP contribution < -0.4 is 15.4 Å². The maximum Gasteiger partial charge on any atom is 0.410 e. The molecule has 2 aromatic rings. The number of hydrogen-bond donors (Lipinski definition) is 2. The third-order valence-electron chi connectivity index (χ3n) is 5.02. The largest absolute Gasteiger partial charge is 0.494 e. The van der Waals surface area contributed by atoms with Crippen molar-refractivity contribution < 1.29 is 14.3 Å². The second kappa shape index (κ2) is 9.89. The number of methoxy groups -OCH3 is 1. The van der Waals surface area contributed by atoms with E-state index in [9.17, 15) is 4.79 Å². The molecule has 0 spiro atoms. The Morgan fingerprint density at radius 3 is 2.66 bits per heavy atom. The molecule has 0 radical (unpaired) electrons. The summed E-state index contributed by atoms with van der Waals surface area (Å²) in [6.07, 6.45) is 5.16. The highest BCUT2D eigenvalue weighted by Crippen LogP contribution is 2.32. The number of allylic oxidation sites excluding steroid dienone is 1. The fourth-order valence-electron chi connectivity index (χ4n) is 3.54. The lowest BCUT2D eigenvalue weighted by molar-refractivity contribution is 0.0273. The van der Waals surface area contributed by atoms with Gasteiger partial charge in [-0.05, 0) is 58.2 Å². The standard InChI is InChI=1S/C24H33N5O3/c1-16-12-18(25-5)13-22(27-16)28-21-14-19(20(31-6)15-26-21)17-8-7-10-29(11-9-17)23(30)32-24(2,3)4/h9,12-15H,7-8,10-11H2,1-6H3,(H2,25,26,27,28). The first-order chi connectivity index (χ1) is 15.2. The van der Waals surface area contributed by atoms with Crippen molar-refractivity contribution in [3.63, 3.8) is 0 Å². The molecule has 0 saturated heterocycles. The number of aryl methyl sites for hydroxylation is 1. The molecule has 1 aliphatic rings. The molecule has 2 aromatic heterocycles. The number of carbonyl (C=O) groups is 1. The zero-order valence-electron chi connectivity index (χ0n) is 19.8. The molecule has 1 amide bonds. The summed E-state index contributed by atoms with van der Waals surface area (Å²) in [4.78, 5) is 23.2. The third kappa shape index (κ3) is 6.12. The molecule has 8 nitrogen and oxygen atoms in total. The Morgan fingerprint density at radius 1 is 1.19 bits per heavy atom. The minimum absolute atomic E-state index is 0.287. The van der Waals surface area contributed by atoms with E-state index in [1.807, 2.05) is 52.9 Å². The number of aromatic nitrogens is 2. The van der Waals surface area contributed by atoms with E-state index >= 15 is 0 Å². The Kier molecular flexibility index (Phi) is 7.22. The topological polar surface area (TPSA) is 88.6 Å². The zero-order valence-corrected chi connectivity index (χ0v) is 19.8. The molecule has 2 N–H and O–H groups in total. The van der Waals surface area contributed by atoms with Gasteiger partial charge in [-0.15, -0.1) is 0 Å². The average molecular weight is 440 g/mol. The first kappa shape index (κ1) is 23.4. The van der Waals surface area contributed by atoms with E-state index in [2.05, 4.69) is 26.7 Å². The number of hydrogen-bond acceptors (Lipinski definition) is 7. The molecular weight excluding hydrogens is 406 g/mol. The molecule has 3 rings (SSSR count). The van der Waals surface area contributed by atoms with Crippen LogP contribution in [0.4, 0.5) is 22.1 Å². The van der Waals surface area contributed by atoms with Crippen LogP contribution in [0.15, 0.2) is 30.5 Å². The summed E-state index contributed by atoms with van der Waals surface area (Å²) >= 11 is 0. The SMILES string of the molecule is CNc1cc(C)nc(Nc2cc(C3=CCN(C(=O)OC(C)(C)C)CCC3)c(OC)cn2)c1. The smallest absolute Gasteiger partial charge is 0.410 e. The molecule has 32 heavy (non-hydrogen) atoms. The van der Waals surface area contributed by atoms with E-state index in [-0.39, 0.29) is 6.09 Å². The molecule has 0 aromatic carbocycles. The summed E-state index contributed by atoms with van der Waals surface area (Å²) < 4.78 is 11.1. The van der Waals surface area contributed by atoms with Crippen LogP contribution in [0.1, 0.15) is 44.9 Å². The molecule has 0 fully saturated rings. The Bertz CT molecular complexity index is 998. The van der Waals surface area contributed by atoms with E-state index < -0.39 is 5.60 Å². The Hall–Kier alpha value is -3.29. The van der Waals surface area contributed by atoms with E-state index in [1.165, 1.54) is 0 Å². The number of rotatable bonds is 5. The van der Waals surface area contributed by atoms with Crippen LogP contribution in [0.25, 0.3) is 5.57 Å². The molecule has 0 aliphatic carbocycles. The number of anilines is 3. The third-order valence-corrected chi connectivity index (χ3v) is 5.02. The van der Waals surface area contributed by atoms with Crippen molar-refractivity contribution in [2.45, 2.75) is 46.1 Å². The van der Waals surface area contributed by atoms with Crippen LogP contribution in [0.2, 0.25) is 0 Å². The van der Waals surface area contributed by atoms with Crippen molar-refractivity contribution in [1.29, 1.82) is 0 Å². The van der Waals surface area contributed by atoms with Crippen molar-refractivity contribution in [3.8, 4) is 5.75 Å². The summed E-state index contributed by atoms with van der Waals surface area (Å²) in [5.41, 5.74) is 3.44. The second-order valence-electron chi connectivity index (χ2n) is 8.79. The normalized spacial score (nSPS) is 14.3. The van der Waals surface area contributed by atoms with Crippen LogP contribution in [-0.2, 0) is 4.74 Å². The number of ether oxygens (including phenoxy) is 2. The van der Waals surface area contributed by atoms with Gasteiger partial charge in [0.2, 0.25) is 0 Å². The molecular formula is C24H33N5O3. The molecule has 1 aliphatic heterocycles. The van der Waals surface area contributed by atoms with Crippen LogP contribution in [0, 0.1) is 6.92 Å². The van der Waals surface area contributed by atoms with Gasteiger partial charge in [-0.25, -0.2) is 14.8 Å². The first-order valence-corrected chi connectivity index (χ1v) is 10.8. The van der Waals surface area contributed by atoms with Crippen LogP contribution in [0.5, 0.6) is 5.75 Å². The van der Waals surface area contributed by atoms with Crippen LogP contribution >= 0.6 is 0 Å². The molecule has 0 bridgehead atoms. The van der Waals surface area contributed by atoms with E-state index in [1.54, 1.807) is 18.2 Å². The highest BCUT2D eigenvalue weighted by molar-refractivity contribution is 5.75. The predicted molar refractivity (Wildman–Crippen MR) is 128 cm³/mol. The minimum Gasteiger partial charge on any atom is -0.494 e. The fourth-order valence-corrected chi connectivity index (χ4v) is 3.54. The van der Waals surface area contributed by atoms with Crippen LogP contribution in [-0.4, -0.2) is 53.8 Å². The summed E-state index contributed by atoms with van der Waals surface area (Å²) in [6.45, 7) is 8.72. The molecule has 0 atom stereocenters.